The number of hydrogen-bond donors (Lipinski definition) is 1. The maximum Gasteiger partial charge on any atom is 0.193 e. The Kier molecular flexibility index (Phi) is 4.21. The standard InChI is InChI=1S/C16H24N4/c1-19-12-9-17-16(19)18-13-15(20-10-5-6-11-20)14-7-3-2-4-8-14/h2-4,7-8,15H,5-6,9-13H2,1H3,(H,17,18). The number of nitrogens with zero attached hydrogens (tertiary/aromatic N) is 3. The topological polar surface area (TPSA) is 30.9 Å². The molecular weight excluding hydrogens is 248 g/mol. The fourth-order valence-corrected chi connectivity index (χ4v) is 3.10. The van der Waals surface area contributed by atoms with Crippen LogP contribution in [-0.4, -0.2) is 55.5 Å². The third kappa shape index (κ3) is 2.96. The fourth-order valence-electron chi connectivity index (χ4n) is 3.10. The molecule has 1 aromatic rings. The van der Waals surface area contributed by atoms with E-state index in [1.54, 1.807) is 0 Å². The summed E-state index contributed by atoms with van der Waals surface area (Å²) in [4.78, 5) is 9.32. The molecule has 1 saturated heterocycles. The maximum atomic E-state index is 4.52. The molecule has 0 amide bonds. The van der Waals surface area contributed by atoms with Crippen molar-refractivity contribution < 1.29 is 0 Å². The van der Waals surface area contributed by atoms with Crippen LogP contribution in [0.2, 0.25) is 0 Å². The number of likely N-dealkylation sites (N-methyl/N-ethyl adjacent to an activating group) is 1. The second kappa shape index (κ2) is 6.27. The monoisotopic (exact) mass is 272 g/mol. The average molecular weight is 272 g/mol. The van der Waals surface area contributed by atoms with Crippen molar-refractivity contribution in [3.8, 4) is 0 Å². The quantitative estimate of drug-likeness (QED) is 0.905. The average Bonchev–Trinajstić information content (AvgIpc) is 3.13. The Morgan fingerprint density at radius 2 is 1.90 bits per heavy atom. The van der Waals surface area contributed by atoms with Gasteiger partial charge in [-0.3, -0.25) is 9.89 Å². The lowest BCUT2D eigenvalue weighted by Crippen LogP contribution is -2.41. The van der Waals surface area contributed by atoms with Crippen LogP contribution >= 0.6 is 0 Å². The first-order chi connectivity index (χ1) is 9.84. The molecule has 1 aromatic carbocycles. The molecule has 0 aromatic heterocycles. The van der Waals surface area contributed by atoms with Crippen LogP contribution in [0, 0.1) is 0 Å². The first-order valence-corrected chi connectivity index (χ1v) is 7.63. The number of likely N-dealkylation sites (tertiary alicyclic amines) is 1. The maximum absolute atomic E-state index is 4.52. The highest BCUT2D eigenvalue weighted by Crippen LogP contribution is 2.24. The Labute approximate surface area is 121 Å². The number of guanidine groups is 1. The van der Waals surface area contributed by atoms with Crippen LogP contribution in [-0.2, 0) is 0 Å². The molecule has 0 radical (unpaired) electrons. The first kappa shape index (κ1) is 13.4. The fraction of sp³-hybridized carbons (Fsp3) is 0.562. The number of benzene rings is 1. The molecule has 1 fully saturated rings. The van der Waals surface area contributed by atoms with Gasteiger partial charge in [-0.05, 0) is 31.5 Å². The van der Waals surface area contributed by atoms with Crippen molar-refractivity contribution in [2.45, 2.75) is 18.9 Å². The molecule has 2 aliphatic rings. The highest BCUT2D eigenvalue weighted by molar-refractivity contribution is 5.81. The van der Waals surface area contributed by atoms with Crippen molar-refractivity contribution in [1.82, 2.24) is 15.1 Å². The second-order valence-electron chi connectivity index (χ2n) is 5.68. The minimum absolute atomic E-state index is 0.454. The van der Waals surface area contributed by atoms with Crippen LogP contribution in [0.3, 0.4) is 0 Å². The van der Waals surface area contributed by atoms with E-state index in [-0.39, 0.29) is 0 Å². The third-order valence-corrected chi connectivity index (χ3v) is 4.28. The lowest BCUT2D eigenvalue weighted by atomic mass is 10.1. The Bertz CT molecular complexity index is 451. The predicted octanol–water partition coefficient (Wildman–Crippen LogP) is 1.71. The number of hydrogen-bond acceptors (Lipinski definition) is 4. The molecule has 1 unspecified atom stereocenters. The smallest absolute Gasteiger partial charge is 0.193 e. The van der Waals surface area contributed by atoms with Crippen molar-refractivity contribution in [2.24, 2.45) is 4.99 Å². The lowest BCUT2D eigenvalue weighted by Gasteiger charge is -2.29. The van der Waals surface area contributed by atoms with Crippen LogP contribution in [0.1, 0.15) is 24.4 Å². The van der Waals surface area contributed by atoms with E-state index in [0.717, 1.165) is 25.6 Å². The highest BCUT2D eigenvalue weighted by Gasteiger charge is 2.24. The summed E-state index contributed by atoms with van der Waals surface area (Å²) < 4.78 is 0. The molecule has 108 valence electrons. The van der Waals surface area contributed by atoms with Gasteiger partial charge >= 0.3 is 0 Å². The molecule has 4 heteroatoms. The molecule has 0 aliphatic carbocycles. The van der Waals surface area contributed by atoms with E-state index in [2.05, 4.69) is 57.5 Å². The zero-order valence-corrected chi connectivity index (χ0v) is 12.3. The van der Waals surface area contributed by atoms with Gasteiger partial charge in [0.05, 0.1) is 12.6 Å². The van der Waals surface area contributed by atoms with Gasteiger partial charge < -0.3 is 10.2 Å². The summed E-state index contributed by atoms with van der Waals surface area (Å²) in [5.41, 5.74) is 1.41. The molecule has 1 atom stereocenters. The number of nitrogens with one attached hydrogen (secondary N) is 1. The molecule has 0 bridgehead atoms. The summed E-state index contributed by atoms with van der Waals surface area (Å²) in [6.07, 6.45) is 2.65. The Morgan fingerprint density at radius 1 is 1.15 bits per heavy atom. The molecule has 0 saturated carbocycles. The van der Waals surface area contributed by atoms with Gasteiger partial charge in [-0.25, -0.2) is 0 Å². The molecule has 2 aliphatic heterocycles. The summed E-state index contributed by atoms with van der Waals surface area (Å²) in [5, 5.41) is 3.54. The third-order valence-electron chi connectivity index (χ3n) is 4.28. The minimum Gasteiger partial charge on any atom is -0.354 e. The van der Waals surface area contributed by atoms with Crippen LogP contribution in [0.5, 0.6) is 0 Å². The summed E-state index contributed by atoms with van der Waals surface area (Å²) in [6.45, 7) is 5.31. The van der Waals surface area contributed by atoms with E-state index >= 15 is 0 Å². The van der Waals surface area contributed by atoms with Crippen LogP contribution < -0.4 is 5.32 Å². The van der Waals surface area contributed by atoms with E-state index in [0.29, 0.717) is 6.04 Å². The molecule has 20 heavy (non-hydrogen) atoms. The molecule has 2 heterocycles. The highest BCUT2D eigenvalue weighted by atomic mass is 15.3. The number of rotatable bonds is 4. The van der Waals surface area contributed by atoms with E-state index in [1.165, 1.54) is 31.5 Å². The molecule has 4 nitrogen and oxygen atoms in total. The Balaban J connectivity index is 1.69. The van der Waals surface area contributed by atoms with Gasteiger partial charge in [-0.1, -0.05) is 30.3 Å². The van der Waals surface area contributed by atoms with Crippen molar-refractivity contribution in [3.05, 3.63) is 35.9 Å². The Hall–Kier alpha value is -1.55. The van der Waals surface area contributed by atoms with Crippen LogP contribution in [0.4, 0.5) is 0 Å². The summed E-state index contributed by atoms with van der Waals surface area (Å²) in [5.74, 6) is 1.05. The zero-order valence-electron chi connectivity index (χ0n) is 12.3. The predicted molar refractivity (Wildman–Crippen MR) is 82.9 cm³/mol. The van der Waals surface area contributed by atoms with Gasteiger partial charge in [-0.15, -0.1) is 0 Å². The van der Waals surface area contributed by atoms with Crippen molar-refractivity contribution in [1.29, 1.82) is 0 Å². The zero-order chi connectivity index (χ0) is 13.8. The Morgan fingerprint density at radius 3 is 2.55 bits per heavy atom. The molecule has 0 spiro atoms. The van der Waals surface area contributed by atoms with Crippen molar-refractivity contribution in [2.75, 3.05) is 39.8 Å². The van der Waals surface area contributed by atoms with Crippen molar-refractivity contribution in [3.63, 3.8) is 0 Å². The summed E-state index contributed by atoms with van der Waals surface area (Å²) in [6, 6.07) is 11.3. The summed E-state index contributed by atoms with van der Waals surface area (Å²) in [7, 11) is 2.10. The molecule has 3 rings (SSSR count). The van der Waals surface area contributed by atoms with E-state index in [9.17, 15) is 0 Å². The van der Waals surface area contributed by atoms with Crippen molar-refractivity contribution >= 4 is 5.96 Å². The molecular formula is C16H24N4. The molecule has 1 N–H and O–H groups in total. The van der Waals surface area contributed by atoms with Crippen LogP contribution in [0.15, 0.2) is 35.3 Å². The minimum atomic E-state index is 0.454. The van der Waals surface area contributed by atoms with E-state index in [4.69, 9.17) is 0 Å². The summed E-state index contributed by atoms with van der Waals surface area (Å²) >= 11 is 0. The number of aliphatic imine (C=N–C) groups is 1. The van der Waals surface area contributed by atoms with E-state index < -0.39 is 0 Å². The van der Waals surface area contributed by atoms with Gasteiger partial charge in [0.15, 0.2) is 5.96 Å². The van der Waals surface area contributed by atoms with Gasteiger partial charge in [0.2, 0.25) is 0 Å². The second-order valence-corrected chi connectivity index (χ2v) is 5.68. The normalized spacial score (nSPS) is 21.1. The first-order valence-electron chi connectivity index (χ1n) is 7.63. The van der Waals surface area contributed by atoms with E-state index in [1.807, 2.05) is 0 Å². The SMILES string of the molecule is CN1CCN=C1NCC(c1ccccc1)N1CCCC1. The lowest BCUT2D eigenvalue weighted by molar-refractivity contribution is 0.244. The van der Waals surface area contributed by atoms with Gasteiger partial charge in [0.25, 0.3) is 0 Å². The van der Waals surface area contributed by atoms with Gasteiger partial charge in [-0.2, -0.15) is 0 Å². The van der Waals surface area contributed by atoms with Crippen LogP contribution in [0.25, 0.3) is 0 Å². The van der Waals surface area contributed by atoms with Gasteiger partial charge in [0.1, 0.15) is 0 Å². The largest absolute Gasteiger partial charge is 0.354 e. The van der Waals surface area contributed by atoms with Gasteiger partial charge in [0, 0.05) is 20.1 Å².